The number of hydrogen-bond acceptors (Lipinski definition) is 10. The predicted octanol–water partition coefficient (Wildman–Crippen LogP) is 7.01. The number of benzene rings is 2. The Balaban J connectivity index is 1.02. The van der Waals surface area contributed by atoms with Crippen molar-refractivity contribution in [3.8, 4) is 35.4 Å². The van der Waals surface area contributed by atoms with Crippen LogP contribution in [0.1, 0.15) is 68.3 Å². The molecule has 0 radical (unpaired) electrons. The molecule has 5 aliphatic heterocycles. The van der Waals surface area contributed by atoms with Gasteiger partial charge in [0, 0.05) is 47.7 Å². The Morgan fingerprint density at radius 2 is 1.88 bits per heavy atom. The van der Waals surface area contributed by atoms with E-state index < -0.39 is 23.5 Å². The average Bonchev–Trinajstić information content (AvgIpc) is 3.90. The lowest BCUT2D eigenvalue weighted by molar-refractivity contribution is -0.141. The number of aromatic nitrogens is 5. The standard InChI is InChI=1S/C42H39F5N8O2/c1-2-27-29(43)12-10-23-6-3-7-28(34(23)27)37-36(44)38-35-31(50-37)8-4-9-32-30-13-11-24(49-30)20-54(32)39(35)52-40(51-38)57-22-41-15-5-17-55(41)25(14-16-41)21-56-26-18-33(42(45,46)47)53-48-19-26/h1,3,6-7,10,12,18-19,24-25,30,32,49H,4-5,8-9,11,13-17,20-22H2/t24-,25+,30+,32-,41+/m1/s1. The van der Waals surface area contributed by atoms with Gasteiger partial charge in [0.1, 0.15) is 41.8 Å². The molecule has 3 aromatic heterocycles. The molecule has 10 nitrogen and oxygen atoms in total. The van der Waals surface area contributed by atoms with Gasteiger partial charge < -0.3 is 19.7 Å². The van der Waals surface area contributed by atoms with E-state index >= 15 is 8.78 Å². The van der Waals surface area contributed by atoms with Crippen LogP contribution in [0.15, 0.2) is 42.6 Å². The molecule has 294 valence electrons. The number of nitrogens with zero attached hydrogens (tertiary/aromatic N) is 7. The van der Waals surface area contributed by atoms with E-state index in [0.29, 0.717) is 46.2 Å². The molecule has 57 heavy (non-hydrogen) atoms. The van der Waals surface area contributed by atoms with E-state index in [1.54, 1.807) is 18.2 Å². The maximum absolute atomic E-state index is 17.4. The first-order valence-corrected chi connectivity index (χ1v) is 19.6. The lowest BCUT2D eigenvalue weighted by Gasteiger charge is -2.43. The van der Waals surface area contributed by atoms with Crippen LogP contribution in [0.3, 0.4) is 0 Å². The van der Waals surface area contributed by atoms with Gasteiger partial charge in [0.25, 0.3) is 0 Å². The van der Waals surface area contributed by atoms with Crippen LogP contribution in [0.2, 0.25) is 0 Å². The second-order valence-electron chi connectivity index (χ2n) is 16.0. The molecule has 0 aliphatic carbocycles. The zero-order valence-electron chi connectivity index (χ0n) is 31.0. The first-order chi connectivity index (χ1) is 27.6. The zero-order valence-corrected chi connectivity index (χ0v) is 31.0. The molecule has 4 fully saturated rings. The Morgan fingerprint density at radius 1 is 0.982 bits per heavy atom. The molecule has 2 bridgehead atoms. The summed E-state index contributed by atoms with van der Waals surface area (Å²) in [5.74, 6) is 1.87. The molecule has 1 N–H and O–H groups in total. The van der Waals surface area contributed by atoms with Crippen molar-refractivity contribution in [3.05, 3.63) is 71.2 Å². The molecule has 4 saturated heterocycles. The minimum Gasteiger partial charge on any atom is -0.490 e. The fraction of sp³-hybridized carbons (Fsp3) is 0.452. The Bertz CT molecular complexity index is 2460. The number of nitrogens with one attached hydrogen (secondary N) is 1. The maximum atomic E-state index is 17.4. The molecule has 5 aliphatic rings. The summed E-state index contributed by atoms with van der Waals surface area (Å²) in [6.45, 7) is 1.89. The Labute approximate surface area is 325 Å². The summed E-state index contributed by atoms with van der Waals surface area (Å²) in [6, 6.07) is 9.84. The van der Waals surface area contributed by atoms with E-state index in [1.165, 1.54) is 12.3 Å². The van der Waals surface area contributed by atoms with Gasteiger partial charge in [0.05, 0.1) is 28.4 Å². The fourth-order valence-corrected chi connectivity index (χ4v) is 10.2. The normalized spacial score (nSPS) is 25.6. The van der Waals surface area contributed by atoms with Crippen LogP contribution in [0.4, 0.5) is 27.8 Å². The van der Waals surface area contributed by atoms with Crippen LogP contribution in [0.25, 0.3) is 32.9 Å². The summed E-state index contributed by atoms with van der Waals surface area (Å²) < 4.78 is 84.7. The van der Waals surface area contributed by atoms with Crippen LogP contribution in [0, 0.1) is 24.0 Å². The molecule has 5 atom stereocenters. The van der Waals surface area contributed by atoms with Gasteiger partial charge in [-0.25, -0.2) is 13.8 Å². The number of pyridine rings is 1. The molecule has 2 aromatic carbocycles. The van der Waals surface area contributed by atoms with Crippen molar-refractivity contribution in [3.63, 3.8) is 0 Å². The molecule has 0 unspecified atom stereocenters. The van der Waals surface area contributed by atoms with Gasteiger partial charge in [0.15, 0.2) is 11.5 Å². The Morgan fingerprint density at radius 3 is 2.74 bits per heavy atom. The van der Waals surface area contributed by atoms with Crippen molar-refractivity contribution in [2.75, 3.05) is 31.2 Å². The lowest BCUT2D eigenvalue weighted by Crippen LogP contribution is -2.58. The number of fused-ring (bicyclic) bond motifs is 7. The quantitative estimate of drug-likeness (QED) is 0.137. The molecular weight excluding hydrogens is 744 g/mol. The number of hydrogen-bond donors (Lipinski definition) is 1. The summed E-state index contributed by atoms with van der Waals surface area (Å²) in [6.07, 6.45) is 10.1. The van der Waals surface area contributed by atoms with Gasteiger partial charge >= 0.3 is 12.2 Å². The second-order valence-corrected chi connectivity index (χ2v) is 16.0. The van der Waals surface area contributed by atoms with Crippen LogP contribution >= 0.6 is 0 Å². The van der Waals surface area contributed by atoms with Crippen molar-refractivity contribution in [1.82, 2.24) is 35.4 Å². The number of aryl methyl sites for hydroxylation is 1. The third-order valence-corrected chi connectivity index (χ3v) is 12.8. The zero-order chi connectivity index (χ0) is 39.1. The summed E-state index contributed by atoms with van der Waals surface area (Å²) in [4.78, 5) is 19.5. The monoisotopic (exact) mass is 782 g/mol. The molecule has 5 aromatic rings. The average molecular weight is 783 g/mol. The molecule has 8 heterocycles. The highest BCUT2D eigenvalue weighted by Gasteiger charge is 2.50. The first kappa shape index (κ1) is 36.2. The highest BCUT2D eigenvalue weighted by Crippen LogP contribution is 2.45. The molecule has 15 heteroatoms. The van der Waals surface area contributed by atoms with E-state index in [2.05, 4.69) is 31.2 Å². The van der Waals surface area contributed by atoms with Crippen molar-refractivity contribution < 1.29 is 31.4 Å². The summed E-state index contributed by atoms with van der Waals surface area (Å²) in [5.41, 5.74) is -0.241. The van der Waals surface area contributed by atoms with Crippen LogP contribution in [-0.2, 0) is 12.6 Å². The van der Waals surface area contributed by atoms with Crippen LogP contribution in [-0.4, -0.2) is 86.1 Å². The van der Waals surface area contributed by atoms with E-state index in [9.17, 15) is 13.2 Å². The third-order valence-electron chi connectivity index (χ3n) is 12.8. The van der Waals surface area contributed by atoms with E-state index in [1.807, 2.05) is 6.07 Å². The van der Waals surface area contributed by atoms with Gasteiger partial charge in [-0.2, -0.15) is 28.2 Å². The first-order valence-electron chi connectivity index (χ1n) is 19.6. The number of anilines is 1. The maximum Gasteiger partial charge on any atom is 0.435 e. The van der Waals surface area contributed by atoms with Gasteiger partial charge in [-0.05, 0) is 75.8 Å². The van der Waals surface area contributed by atoms with E-state index in [-0.39, 0.29) is 71.5 Å². The third kappa shape index (κ3) is 6.10. The van der Waals surface area contributed by atoms with Crippen molar-refractivity contribution in [2.24, 2.45) is 0 Å². The SMILES string of the molecule is C#Cc1c(F)ccc2cccc(-c3nc4c5c(nc(OC[C@@]67CCCN6[C@H](COc6cnnc(C(F)(F)F)c6)CC7)nc5c3F)N3C[C@H]5CC[C@H](N5)[C@H]3CCC4)c12. The van der Waals surface area contributed by atoms with E-state index in [4.69, 9.17) is 30.8 Å². The van der Waals surface area contributed by atoms with Gasteiger partial charge in [-0.3, -0.25) is 4.90 Å². The lowest BCUT2D eigenvalue weighted by atomic mass is 9.93. The van der Waals surface area contributed by atoms with Crippen LogP contribution in [0.5, 0.6) is 11.8 Å². The highest BCUT2D eigenvalue weighted by molar-refractivity contribution is 6.02. The van der Waals surface area contributed by atoms with Gasteiger partial charge in [-0.15, -0.1) is 11.5 Å². The topological polar surface area (TPSA) is 101 Å². The predicted molar refractivity (Wildman–Crippen MR) is 202 cm³/mol. The molecule has 10 rings (SSSR count). The Kier molecular flexibility index (Phi) is 8.71. The summed E-state index contributed by atoms with van der Waals surface area (Å²) in [7, 11) is 0. The smallest absolute Gasteiger partial charge is 0.435 e. The van der Waals surface area contributed by atoms with Crippen molar-refractivity contribution >= 4 is 27.5 Å². The fourth-order valence-electron chi connectivity index (χ4n) is 10.2. The number of alkyl halides is 3. The minimum absolute atomic E-state index is 0.00887. The number of rotatable bonds is 7. The summed E-state index contributed by atoms with van der Waals surface area (Å²) >= 11 is 0. The number of halogens is 5. The van der Waals surface area contributed by atoms with Crippen molar-refractivity contribution in [1.29, 1.82) is 0 Å². The molecule has 0 amide bonds. The van der Waals surface area contributed by atoms with Gasteiger partial charge in [-0.1, -0.05) is 30.2 Å². The number of piperazine rings is 1. The molecule has 0 saturated carbocycles. The highest BCUT2D eigenvalue weighted by atomic mass is 19.4. The number of ether oxygens (including phenoxy) is 2. The van der Waals surface area contributed by atoms with Crippen LogP contribution < -0.4 is 19.7 Å². The molecular formula is C42H39F5N8O2. The molecule has 0 spiro atoms. The Hall–Kier alpha value is -5.20. The largest absolute Gasteiger partial charge is 0.490 e. The number of terminal acetylenes is 1. The van der Waals surface area contributed by atoms with E-state index in [0.717, 1.165) is 64.0 Å². The minimum atomic E-state index is -4.63. The second kappa shape index (κ2) is 13.7. The van der Waals surface area contributed by atoms with Gasteiger partial charge in [0.2, 0.25) is 0 Å². The van der Waals surface area contributed by atoms with Crippen molar-refractivity contribution in [2.45, 2.75) is 93.7 Å². The summed E-state index contributed by atoms with van der Waals surface area (Å²) in [5, 5.41) is 12.1.